The number of hydrogen-bond donors (Lipinski definition) is 1. The number of rotatable bonds is 6. The average molecular weight is 392 g/mol. The first-order valence-electron chi connectivity index (χ1n) is 8.13. The smallest absolute Gasteiger partial charge is 0.262 e. The molecule has 0 aliphatic heterocycles. The highest BCUT2D eigenvalue weighted by molar-refractivity contribution is 7.18. The number of nitrogens with zero attached hydrogens (tertiary/aromatic N) is 2. The summed E-state index contributed by atoms with van der Waals surface area (Å²) in [7, 11) is 1.52. The van der Waals surface area contributed by atoms with Crippen molar-refractivity contribution in [2.45, 2.75) is 26.3 Å². The van der Waals surface area contributed by atoms with E-state index in [1.807, 2.05) is 13.0 Å². The number of halogens is 1. The van der Waals surface area contributed by atoms with Gasteiger partial charge in [0.1, 0.15) is 10.6 Å². The Balaban J connectivity index is 1.72. The SMILES string of the molecule is CCc1cc2c(=O)n(CCC(=O)Nc3cc(Cl)ccc3OC)cnc2s1. The Morgan fingerprint density at radius 1 is 1.38 bits per heavy atom. The second kappa shape index (κ2) is 7.88. The maximum absolute atomic E-state index is 12.5. The Kier molecular flexibility index (Phi) is 5.58. The number of thiophene rings is 1. The maximum Gasteiger partial charge on any atom is 0.262 e. The Morgan fingerprint density at radius 3 is 2.92 bits per heavy atom. The lowest BCUT2D eigenvalue weighted by molar-refractivity contribution is -0.116. The number of ether oxygens (including phenoxy) is 1. The van der Waals surface area contributed by atoms with Crippen LogP contribution in [0.3, 0.4) is 0 Å². The molecule has 0 radical (unpaired) electrons. The summed E-state index contributed by atoms with van der Waals surface area (Å²) in [5.74, 6) is 0.283. The predicted octanol–water partition coefficient (Wildman–Crippen LogP) is 3.71. The van der Waals surface area contributed by atoms with E-state index in [4.69, 9.17) is 16.3 Å². The van der Waals surface area contributed by atoms with Gasteiger partial charge in [0, 0.05) is 22.9 Å². The molecular weight excluding hydrogens is 374 g/mol. The summed E-state index contributed by atoms with van der Waals surface area (Å²) < 4.78 is 6.67. The molecule has 1 amide bonds. The van der Waals surface area contributed by atoms with Crippen molar-refractivity contribution in [3.63, 3.8) is 0 Å². The second-order valence-electron chi connectivity index (χ2n) is 5.67. The third-order valence-corrected chi connectivity index (χ3v) is 5.36. The average Bonchev–Trinajstić information content (AvgIpc) is 3.06. The molecule has 6 nitrogen and oxygen atoms in total. The number of amides is 1. The zero-order valence-corrected chi connectivity index (χ0v) is 16.0. The van der Waals surface area contributed by atoms with E-state index < -0.39 is 0 Å². The van der Waals surface area contributed by atoms with Gasteiger partial charge < -0.3 is 10.1 Å². The van der Waals surface area contributed by atoms with E-state index in [9.17, 15) is 9.59 Å². The van der Waals surface area contributed by atoms with Crippen LogP contribution in [0, 0.1) is 0 Å². The molecule has 1 N–H and O–H groups in total. The minimum atomic E-state index is -0.239. The van der Waals surface area contributed by atoms with Crippen LogP contribution in [0.2, 0.25) is 5.02 Å². The summed E-state index contributed by atoms with van der Waals surface area (Å²) in [4.78, 5) is 31.0. The number of carbonyl (C=O) groups excluding carboxylic acids is 1. The van der Waals surface area contributed by atoms with E-state index in [0.29, 0.717) is 21.8 Å². The first-order valence-corrected chi connectivity index (χ1v) is 9.32. The highest BCUT2D eigenvalue weighted by Gasteiger charge is 2.11. The van der Waals surface area contributed by atoms with Crippen molar-refractivity contribution in [3.8, 4) is 5.75 Å². The minimum Gasteiger partial charge on any atom is -0.495 e. The van der Waals surface area contributed by atoms with Gasteiger partial charge in [0.25, 0.3) is 5.56 Å². The molecule has 0 atom stereocenters. The number of aryl methyl sites for hydroxylation is 2. The van der Waals surface area contributed by atoms with Crippen LogP contribution < -0.4 is 15.6 Å². The Hall–Kier alpha value is -2.38. The van der Waals surface area contributed by atoms with Crippen LogP contribution in [-0.2, 0) is 17.8 Å². The van der Waals surface area contributed by atoms with Gasteiger partial charge >= 0.3 is 0 Å². The van der Waals surface area contributed by atoms with E-state index >= 15 is 0 Å². The van der Waals surface area contributed by atoms with Crippen molar-refractivity contribution in [1.29, 1.82) is 0 Å². The van der Waals surface area contributed by atoms with Crippen LogP contribution >= 0.6 is 22.9 Å². The van der Waals surface area contributed by atoms with Crippen LogP contribution in [0.1, 0.15) is 18.2 Å². The Morgan fingerprint density at radius 2 is 2.19 bits per heavy atom. The van der Waals surface area contributed by atoms with E-state index in [1.54, 1.807) is 18.2 Å². The Bertz CT molecular complexity index is 1010. The molecule has 0 spiro atoms. The zero-order chi connectivity index (χ0) is 18.7. The monoisotopic (exact) mass is 391 g/mol. The quantitative estimate of drug-likeness (QED) is 0.695. The van der Waals surface area contributed by atoms with Crippen molar-refractivity contribution in [2.75, 3.05) is 12.4 Å². The molecule has 3 aromatic rings. The lowest BCUT2D eigenvalue weighted by Gasteiger charge is -2.11. The van der Waals surface area contributed by atoms with Crippen molar-refractivity contribution >= 4 is 44.7 Å². The van der Waals surface area contributed by atoms with Gasteiger partial charge in [-0.2, -0.15) is 0 Å². The number of methoxy groups -OCH3 is 1. The zero-order valence-electron chi connectivity index (χ0n) is 14.4. The third-order valence-electron chi connectivity index (χ3n) is 3.93. The molecule has 1 aromatic carbocycles. The first kappa shape index (κ1) is 18.4. The number of aromatic nitrogens is 2. The second-order valence-corrected chi connectivity index (χ2v) is 7.22. The number of fused-ring (bicyclic) bond motifs is 1. The van der Waals surface area contributed by atoms with Gasteiger partial charge in [-0.15, -0.1) is 11.3 Å². The molecule has 0 unspecified atom stereocenters. The van der Waals surface area contributed by atoms with E-state index in [1.165, 1.54) is 29.3 Å². The van der Waals surface area contributed by atoms with Crippen LogP contribution in [0.25, 0.3) is 10.2 Å². The molecule has 2 aromatic heterocycles. The molecule has 0 fully saturated rings. The van der Waals surface area contributed by atoms with Crippen LogP contribution in [0.4, 0.5) is 5.69 Å². The number of nitrogens with one attached hydrogen (secondary N) is 1. The summed E-state index contributed by atoms with van der Waals surface area (Å²) in [5.41, 5.74) is 0.371. The molecule has 0 saturated heterocycles. The first-order chi connectivity index (χ1) is 12.5. The van der Waals surface area contributed by atoms with Gasteiger partial charge in [-0.3, -0.25) is 14.2 Å². The van der Waals surface area contributed by atoms with Gasteiger partial charge in [0.05, 0.1) is 24.5 Å². The Labute approximate surface area is 159 Å². The third kappa shape index (κ3) is 3.89. The predicted molar refractivity (Wildman–Crippen MR) is 105 cm³/mol. The van der Waals surface area contributed by atoms with Gasteiger partial charge in [0.2, 0.25) is 5.91 Å². The molecule has 2 heterocycles. The van der Waals surface area contributed by atoms with Gasteiger partial charge in [0.15, 0.2) is 0 Å². The van der Waals surface area contributed by atoms with Crippen molar-refractivity contribution < 1.29 is 9.53 Å². The van der Waals surface area contributed by atoms with Crippen LogP contribution in [-0.4, -0.2) is 22.6 Å². The largest absolute Gasteiger partial charge is 0.495 e. The summed E-state index contributed by atoms with van der Waals surface area (Å²) in [6.07, 6.45) is 2.49. The number of carbonyl (C=O) groups is 1. The summed E-state index contributed by atoms with van der Waals surface area (Å²) >= 11 is 7.48. The molecule has 0 bridgehead atoms. The number of benzene rings is 1. The fourth-order valence-corrected chi connectivity index (χ4v) is 3.65. The maximum atomic E-state index is 12.5. The highest BCUT2D eigenvalue weighted by atomic mass is 35.5. The molecule has 0 saturated carbocycles. The van der Waals surface area contributed by atoms with Gasteiger partial charge in [-0.25, -0.2) is 4.98 Å². The van der Waals surface area contributed by atoms with E-state index in [0.717, 1.165) is 16.1 Å². The van der Waals surface area contributed by atoms with Gasteiger partial charge in [-0.05, 0) is 30.7 Å². The number of anilines is 1. The molecule has 0 aliphatic carbocycles. The highest BCUT2D eigenvalue weighted by Crippen LogP contribution is 2.27. The fourth-order valence-electron chi connectivity index (χ4n) is 2.56. The van der Waals surface area contributed by atoms with E-state index in [-0.39, 0.29) is 24.4 Å². The molecule has 3 rings (SSSR count). The summed E-state index contributed by atoms with van der Waals surface area (Å²) in [5, 5.41) is 3.86. The molecule has 8 heteroatoms. The number of hydrogen-bond acceptors (Lipinski definition) is 5. The summed E-state index contributed by atoms with van der Waals surface area (Å²) in [6.45, 7) is 2.28. The van der Waals surface area contributed by atoms with Crippen LogP contribution in [0.5, 0.6) is 5.75 Å². The lowest BCUT2D eigenvalue weighted by Crippen LogP contribution is -2.23. The van der Waals surface area contributed by atoms with Crippen molar-refractivity contribution in [1.82, 2.24) is 9.55 Å². The van der Waals surface area contributed by atoms with Crippen LogP contribution in [0.15, 0.2) is 35.4 Å². The molecule has 26 heavy (non-hydrogen) atoms. The fraction of sp³-hybridized carbons (Fsp3) is 0.278. The van der Waals surface area contributed by atoms with E-state index in [2.05, 4.69) is 10.3 Å². The standard InChI is InChI=1S/C18H18ClN3O3S/c1-3-12-9-13-17(26-12)20-10-22(18(13)24)7-6-16(23)21-14-8-11(19)4-5-15(14)25-2/h4-5,8-10H,3,6-7H2,1-2H3,(H,21,23). The van der Waals surface area contributed by atoms with Crippen molar-refractivity contribution in [3.05, 3.63) is 50.8 Å². The molecule has 0 aliphatic rings. The topological polar surface area (TPSA) is 73.2 Å². The minimum absolute atomic E-state index is 0.126. The molecular formula is C18H18ClN3O3S. The normalized spacial score (nSPS) is 10.9. The lowest BCUT2D eigenvalue weighted by atomic mass is 10.2. The molecule has 136 valence electrons. The summed E-state index contributed by atoms with van der Waals surface area (Å²) in [6, 6.07) is 6.86. The van der Waals surface area contributed by atoms with Gasteiger partial charge in [-0.1, -0.05) is 18.5 Å². The van der Waals surface area contributed by atoms with Crippen molar-refractivity contribution in [2.24, 2.45) is 0 Å².